The summed E-state index contributed by atoms with van der Waals surface area (Å²) in [5.74, 6) is -0.168. The van der Waals surface area contributed by atoms with Crippen LogP contribution >= 0.6 is 0 Å². The highest BCUT2D eigenvalue weighted by atomic mass is 16.2. The van der Waals surface area contributed by atoms with Crippen LogP contribution in [0.5, 0.6) is 0 Å². The van der Waals surface area contributed by atoms with E-state index in [0.717, 1.165) is 17.7 Å². The van der Waals surface area contributed by atoms with Gasteiger partial charge in [0.05, 0.1) is 6.54 Å². The summed E-state index contributed by atoms with van der Waals surface area (Å²) in [5.41, 5.74) is 3.19. The number of Topliss-reactive ketones (excluding diaryl/α,β-unsaturated/α-hetero) is 1. The van der Waals surface area contributed by atoms with Gasteiger partial charge in [0, 0.05) is 16.9 Å². The van der Waals surface area contributed by atoms with Gasteiger partial charge in [0.25, 0.3) is 0 Å². The largest absolute Gasteiger partial charge is 0.376 e. The lowest BCUT2D eigenvalue weighted by atomic mass is 10.1. The van der Waals surface area contributed by atoms with Crippen molar-refractivity contribution in [1.29, 1.82) is 0 Å². The number of para-hydroxylation sites is 2. The first-order valence-electron chi connectivity index (χ1n) is 7.33. The van der Waals surface area contributed by atoms with E-state index >= 15 is 0 Å². The Morgan fingerprint density at radius 1 is 0.955 bits per heavy atom. The molecule has 0 spiro atoms. The van der Waals surface area contributed by atoms with E-state index in [-0.39, 0.29) is 18.2 Å². The molecule has 0 heterocycles. The molecule has 0 aromatic heterocycles. The van der Waals surface area contributed by atoms with Gasteiger partial charge >= 0.3 is 0 Å². The normalized spacial score (nSPS) is 10.1. The number of hydrogen-bond acceptors (Lipinski definition) is 3. The van der Waals surface area contributed by atoms with Crippen molar-refractivity contribution in [3.8, 4) is 0 Å². The minimum absolute atomic E-state index is 0.0279. The van der Waals surface area contributed by atoms with Crippen LogP contribution in [0.2, 0.25) is 0 Å². The van der Waals surface area contributed by atoms with Crippen molar-refractivity contribution in [1.82, 2.24) is 0 Å². The zero-order valence-electron chi connectivity index (χ0n) is 12.8. The van der Waals surface area contributed by atoms with Crippen molar-refractivity contribution < 1.29 is 9.59 Å². The summed E-state index contributed by atoms with van der Waals surface area (Å²) in [6.07, 6.45) is 0.858. The Hall–Kier alpha value is -2.62. The molecule has 0 aliphatic carbocycles. The molecule has 114 valence electrons. The Bertz CT molecular complexity index is 680. The third-order valence-corrected chi connectivity index (χ3v) is 3.42. The monoisotopic (exact) mass is 296 g/mol. The van der Waals surface area contributed by atoms with Gasteiger partial charge in [-0.2, -0.15) is 0 Å². The molecule has 2 aromatic carbocycles. The fourth-order valence-electron chi connectivity index (χ4n) is 2.26. The Morgan fingerprint density at radius 3 is 2.27 bits per heavy atom. The molecule has 22 heavy (non-hydrogen) atoms. The second-order valence-corrected chi connectivity index (χ2v) is 5.01. The van der Waals surface area contributed by atoms with Crippen LogP contribution < -0.4 is 10.6 Å². The number of amides is 1. The molecule has 4 nitrogen and oxygen atoms in total. The van der Waals surface area contributed by atoms with Gasteiger partial charge in [-0.1, -0.05) is 37.3 Å². The topological polar surface area (TPSA) is 58.2 Å². The van der Waals surface area contributed by atoms with Crippen LogP contribution in [0.4, 0.5) is 11.4 Å². The smallest absolute Gasteiger partial charge is 0.243 e. The van der Waals surface area contributed by atoms with E-state index in [9.17, 15) is 9.59 Å². The van der Waals surface area contributed by atoms with E-state index in [1.165, 1.54) is 6.92 Å². The fourth-order valence-corrected chi connectivity index (χ4v) is 2.26. The highest BCUT2D eigenvalue weighted by Crippen LogP contribution is 2.17. The SMILES string of the molecule is CCc1ccccc1NC(=O)CNc1ccccc1C(C)=O. The molecule has 1 amide bonds. The van der Waals surface area contributed by atoms with Crippen LogP contribution in [0.15, 0.2) is 48.5 Å². The number of carbonyl (C=O) groups excluding carboxylic acids is 2. The van der Waals surface area contributed by atoms with E-state index in [2.05, 4.69) is 10.6 Å². The number of ketones is 1. The standard InChI is InChI=1S/C18H20N2O2/c1-3-14-8-4-6-10-16(14)20-18(22)12-19-17-11-7-5-9-15(17)13(2)21/h4-11,19H,3,12H2,1-2H3,(H,20,22). The number of aryl methyl sites for hydroxylation is 1. The summed E-state index contributed by atoms with van der Waals surface area (Å²) in [7, 11) is 0. The number of carbonyl (C=O) groups is 2. The quantitative estimate of drug-likeness (QED) is 0.802. The Morgan fingerprint density at radius 2 is 1.59 bits per heavy atom. The van der Waals surface area contributed by atoms with Crippen LogP contribution in [0.3, 0.4) is 0 Å². The van der Waals surface area contributed by atoms with E-state index in [4.69, 9.17) is 0 Å². The van der Waals surface area contributed by atoms with Crippen molar-refractivity contribution >= 4 is 23.1 Å². The molecule has 0 bridgehead atoms. The first kappa shape index (κ1) is 15.8. The van der Waals surface area contributed by atoms with Crippen LogP contribution in [-0.2, 0) is 11.2 Å². The second-order valence-electron chi connectivity index (χ2n) is 5.01. The van der Waals surface area contributed by atoms with Gasteiger partial charge in [-0.05, 0) is 37.1 Å². The first-order chi connectivity index (χ1) is 10.6. The summed E-state index contributed by atoms with van der Waals surface area (Å²) in [6.45, 7) is 3.67. The summed E-state index contributed by atoms with van der Waals surface area (Å²) in [5, 5.41) is 5.91. The summed E-state index contributed by atoms with van der Waals surface area (Å²) in [6, 6.07) is 14.9. The number of hydrogen-bond donors (Lipinski definition) is 2. The highest BCUT2D eigenvalue weighted by Gasteiger charge is 2.09. The molecule has 0 saturated heterocycles. The second kappa shape index (κ2) is 7.41. The van der Waals surface area contributed by atoms with E-state index in [1.807, 2.05) is 37.3 Å². The van der Waals surface area contributed by atoms with Crippen molar-refractivity contribution in [3.63, 3.8) is 0 Å². The Balaban J connectivity index is 2.00. The number of anilines is 2. The van der Waals surface area contributed by atoms with Gasteiger partial charge in [-0.25, -0.2) is 0 Å². The molecule has 0 aliphatic heterocycles. The van der Waals surface area contributed by atoms with Crippen molar-refractivity contribution in [2.75, 3.05) is 17.2 Å². The molecular weight excluding hydrogens is 276 g/mol. The zero-order chi connectivity index (χ0) is 15.9. The fraction of sp³-hybridized carbons (Fsp3) is 0.222. The lowest BCUT2D eigenvalue weighted by Gasteiger charge is -2.12. The van der Waals surface area contributed by atoms with Crippen LogP contribution in [0.1, 0.15) is 29.8 Å². The van der Waals surface area contributed by atoms with Gasteiger partial charge in [0.15, 0.2) is 5.78 Å². The predicted octanol–water partition coefficient (Wildman–Crippen LogP) is 3.50. The minimum Gasteiger partial charge on any atom is -0.376 e. The molecule has 0 fully saturated rings. The summed E-state index contributed by atoms with van der Waals surface area (Å²) in [4.78, 5) is 23.6. The zero-order valence-corrected chi connectivity index (χ0v) is 12.8. The molecule has 2 N–H and O–H groups in total. The maximum Gasteiger partial charge on any atom is 0.243 e. The summed E-state index contributed by atoms with van der Waals surface area (Å²) >= 11 is 0. The van der Waals surface area contributed by atoms with Crippen LogP contribution in [0, 0.1) is 0 Å². The van der Waals surface area contributed by atoms with Crippen molar-refractivity contribution in [2.45, 2.75) is 20.3 Å². The number of rotatable bonds is 6. The number of nitrogens with one attached hydrogen (secondary N) is 2. The minimum atomic E-state index is -0.140. The molecule has 2 rings (SSSR count). The van der Waals surface area contributed by atoms with Gasteiger partial charge in [-0.3, -0.25) is 9.59 Å². The van der Waals surface area contributed by atoms with Gasteiger partial charge in [0.1, 0.15) is 0 Å². The molecule has 0 atom stereocenters. The lowest BCUT2D eigenvalue weighted by Crippen LogP contribution is -2.23. The maximum absolute atomic E-state index is 12.1. The van der Waals surface area contributed by atoms with Gasteiger partial charge in [-0.15, -0.1) is 0 Å². The van der Waals surface area contributed by atoms with Crippen LogP contribution in [0.25, 0.3) is 0 Å². The molecular formula is C18H20N2O2. The average Bonchev–Trinajstić information content (AvgIpc) is 2.53. The van der Waals surface area contributed by atoms with Gasteiger partial charge in [0.2, 0.25) is 5.91 Å². The van der Waals surface area contributed by atoms with Crippen LogP contribution in [-0.4, -0.2) is 18.2 Å². The molecule has 2 aromatic rings. The predicted molar refractivity (Wildman–Crippen MR) is 89.4 cm³/mol. The molecule has 0 aliphatic rings. The molecule has 4 heteroatoms. The number of benzene rings is 2. The maximum atomic E-state index is 12.1. The Labute approximate surface area is 130 Å². The molecule has 0 radical (unpaired) electrons. The lowest BCUT2D eigenvalue weighted by molar-refractivity contribution is -0.114. The van der Waals surface area contributed by atoms with E-state index < -0.39 is 0 Å². The highest BCUT2D eigenvalue weighted by molar-refractivity contribution is 6.00. The van der Waals surface area contributed by atoms with Crippen molar-refractivity contribution in [2.24, 2.45) is 0 Å². The third-order valence-electron chi connectivity index (χ3n) is 3.42. The van der Waals surface area contributed by atoms with Gasteiger partial charge < -0.3 is 10.6 Å². The van der Waals surface area contributed by atoms with Crippen molar-refractivity contribution in [3.05, 3.63) is 59.7 Å². The van der Waals surface area contributed by atoms with E-state index in [1.54, 1.807) is 18.2 Å². The molecule has 0 unspecified atom stereocenters. The Kier molecular flexibility index (Phi) is 5.31. The summed E-state index contributed by atoms with van der Waals surface area (Å²) < 4.78 is 0. The van der Waals surface area contributed by atoms with E-state index in [0.29, 0.717) is 11.3 Å². The molecule has 0 saturated carbocycles. The first-order valence-corrected chi connectivity index (χ1v) is 7.33. The average molecular weight is 296 g/mol. The third kappa shape index (κ3) is 3.95.